The van der Waals surface area contributed by atoms with E-state index in [0.717, 1.165) is 11.5 Å². The maximum Gasteiger partial charge on any atom is 0.337 e. The molecule has 0 aliphatic heterocycles. The number of hydrogen-bond donors (Lipinski definition) is 2. The molecular formula is C12H18IN3O2. The Balaban J connectivity index is 0.00000289. The van der Waals surface area contributed by atoms with Crippen LogP contribution in [0.1, 0.15) is 15.9 Å². The molecule has 0 radical (unpaired) electrons. The maximum atomic E-state index is 11.2. The zero-order valence-electron chi connectivity index (χ0n) is 10.7. The van der Waals surface area contributed by atoms with Crippen LogP contribution in [0.5, 0.6) is 0 Å². The molecule has 0 fully saturated rings. The lowest BCUT2D eigenvalue weighted by molar-refractivity contribution is 0.0600. The third-order valence-electron chi connectivity index (χ3n) is 2.30. The molecule has 0 heterocycles. The minimum Gasteiger partial charge on any atom is -0.465 e. The van der Waals surface area contributed by atoms with E-state index in [9.17, 15) is 4.79 Å². The standard InChI is InChI=1S/C12H17N3O2.HI/c1-13-12(14-2)15-8-9-4-6-10(7-5-9)11(16)17-3;/h4-7H,8H2,1-3H3,(H2,13,14,15);1H. The monoisotopic (exact) mass is 363 g/mol. The summed E-state index contributed by atoms with van der Waals surface area (Å²) in [7, 11) is 4.88. The summed E-state index contributed by atoms with van der Waals surface area (Å²) in [4.78, 5) is 15.2. The molecule has 0 bridgehead atoms. The van der Waals surface area contributed by atoms with Crippen molar-refractivity contribution in [3.8, 4) is 0 Å². The Bertz CT molecular complexity index is 404. The molecule has 0 atom stereocenters. The lowest BCUT2D eigenvalue weighted by Crippen LogP contribution is -2.34. The predicted molar refractivity (Wildman–Crippen MR) is 82.5 cm³/mol. The molecular weight excluding hydrogens is 345 g/mol. The molecule has 0 aromatic heterocycles. The highest BCUT2D eigenvalue weighted by Gasteiger charge is 2.04. The van der Waals surface area contributed by atoms with Gasteiger partial charge in [0.25, 0.3) is 0 Å². The molecule has 0 spiro atoms. The molecule has 1 aromatic rings. The molecule has 0 saturated heterocycles. The Morgan fingerprint density at radius 2 is 1.94 bits per heavy atom. The SMILES string of the molecule is CN=C(NC)NCc1ccc(C(=O)OC)cc1.I. The smallest absolute Gasteiger partial charge is 0.337 e. The number of esters is 1. The predicted octanol–water partition coefficient (Wildman–Crippen LogP) is 1.39. The van der Waals surface area contributed by atoms with Gasteiger partial charge in [-0.3, -0.25) is 4.99 Å². The number of ether oxygens (including phenoxy) is 1. The normalized spacial score (nSPS) is 10.3. The maximum absolute atomic E-state index is 11.2. The summed E-state index contributed by atoms with van der Waals surface area (Å²) >= 11 is 0. The van der Waals surface area contributed by atoms with Gasteiger partial charge in [-0.05, 0) is 17.7 Å². The number of guanidine groups is 1. The van der Waals surface area contributed by atoms with Crippen molar-refractivity contribution in [2.75, 3.05) is 21.2 Å². The van der Waals surface area contributed by atoms with Crippen LogP contribution in [0.4, 0.5) is 0 Å². The first-order chi connectivity index (χ1) is 8.21. The molecule has 18 heavy (non-hydrogen) atoms. The van der Waals surface area contributed by atoms with Crippen LogP contribution in [-0.4, -0.2) is 33.1 Å². The van der Waals surface area contributed by atoms with Gasteiger partial charge in [0.1, 0.15) is 0 Å². The van der Waals surface area contributed by atoms with Gasteiger partial charge in [0.2, 0.25) is 0 Å². The van der Waals surface area contributed by atoms with Crippen molar-refractivity contribution in [3.05, 3.63) is 35.4 Å². The van der Waals surface area contributed by atoms with Gasteiger partial charge in [0.15, 0.2) is 5.96 Å². The van der Waals surface area contributed by atoms with Crippen LogP contribution in [0.15, 0.2) is 29.3 Å². The van der Waals surface area contributed by atoms with Gasteiger partial charge >= 0.3 is 5.97 Å². The van der Waals surface area contributed by atoms with Crippen LogP contribution < -0.4 is 10.6 Å². The van der Waals surface area contributed by atoms with Crippen molar-refractivity contribution in [2.45, 2.75) is 6.54 Å². The van der Waals surface area contributed by atoms with Crippen molar-refractivity contribution >= 4 is 35.9 Å². The Labute approximate surface area is 124 Å². The topological polar surface area (TPSA) is 62.7 Å². The molecule has 2 N–H and O–H groups in total. The molecule has 0 aliphatic rings. The van der Waals surface area contributed by atoms with E-state index in [4.69, 9.17) is 0 Å². The van der Waals surface area contributed by atoms with Crippen molar-refractivity contribution in [1.82, 2.24) is 10.6 Å². The molecule has 0 unspecified atom stereocenters. The molecule has 1 rings (SSSR count). The van der Waals surface area contributed by atoms with Crippen LogP contribution in [0, 0.1) is 0 Å². The van der Waals surface area contributed by atoms with E-state index in [1.54, 1.807) is 26.2 Å². The van der Waals surface area contributed by atoms with E-state index in [1.165, 1.54) is 7.11 Å². The summed E-state index contributed by atoms with van der Waals surface area (Å²) in [6, 6.07) is 7.24. The van der Waals surface area contributed by atoms with Gasteiger partial charge in [-0.15, -0.1) is 24.0 Å². The third-order valence-corrected chi connectivity index (χ3v) is 2.30. The summed E-state index contributed by atoms with van der Waals surface area (Å²) in [5, 5.41) is 6.05. The molecule has 0 saturated carbocycles. The fraction of sp³-hybridized carbons (Fsp3) is 0.333. The van der Waals surface area contributed by atoms with Crippen molar-refractivity contribution in [3.63, 3.8) is 0 Å². The van der Waals surface area contributed by atoms with Gasteiger partial charge in [0, 0.05) is 20.6 Å². The Morgan fingerprint density at radius 1 is 1.33 bits per heavy atom. The average molecular weight is 363 g/mol. The van der Waals surface area contributed by atoms with E-state index in [2.05, 4.69) is 20.4 Å². The third kappa shape index (κ3) is 4.91. The average Bonchev–Trinajstić information content (AvgIpc) is 2.39. The number of methoxy groups -OCH3 is 1. The zero-order chi connectivity index (χ0) is 12.7. The molecule has 0 amide bonds. The molecule has 100 valence electrons. The van der Waals surface area contributed by atoms with E-state index in [1.807, 2.05) is 12.1 Å². The van der Waals surface area contributed by atoms with Crippen molar-refractivity contribution < 1.29 is 9.53 Å². The van der Waals surface area contributed by atoms with E-state index in [-0.39, 0.29) is 29.9 Å². The zero-order valence-corrected chi connectivity index (χ0v) is 13.0. The first-order valence-corrected chi connectivity index (χ1v) is 5.27. The van der Waals surface area contributed by atoms with Gasteiger partial charge in [-0.1, -0.05) is 12.1 Å². The van der Waals surface area contributed by atoms with Crippen molar-refractivity contribution in [2.24, 2.45) is 4.99 Å². The second-order valence-corrected chi connectivity index (χ2v) is 3.36. The number of nitrogens with zero attached hydrogens (tertiary/aromatic N) is 1. The first kappa shape index (κ1) is 16.7. The Morgan fingerprint density at radius 3 is 2.39 bits per heavy atom. The van der Waals surface area contributed by atoms with Crippen LogP contribution >= 0.6 is 24.0 Å². The van der Waals surface area contributed by atoms with Crippen LogP contribution in [0.2, 0.25) is 0 Å². The fourth-order valence-electron chi connectivity index (χ4n) is 1.34. The van der Waals surface area contributed by atoms with Crippen molar-refractivity contribution in [1.29, 1.82) is 0 Å². The van der Waals surface area contributed by atoms with Gasteiger partial charge in [-0.25, -0.2) is 4.79 Å². The molecule has 0 aliphatic carbocycles. The second-order valence-electron chi connectivity index (χ2n) is 3.36. The van der Waals surface area contributed by atoms with E-state index >= 15 is 0 Å². The summed E-state index contributed by atoms with van der Waals surface area (Å²) in [5.74, 6) is 0.401. The lowest BCUT2D eigenvalue weighted by Gasteiger charge is -2.08. The number of nitrogens with one attached hydrogen (secondary N) is 2. The lowest BCUT2D eigenvalue weighted by atomic mass is 10.1. The summed E-state index contributed by atoms with van der Waals surface area (Å²) in [6.07, 6.45) is 0. The largest absolute Gasteiger partial charge is 0.465 e. The minimum atomic E-state index is -0.324. The Hall–Kier alpha value is -1.31. The van der Waals surface area contributed by atoms with Crippen LogP contribution in [-0.2, 0) is 11.3 Å². The number of hydrogen-bond acceptors (Lipinski definition) is 3. The second kappa shape index (κ2) is 8.73. The quantitative estimate of drug-likeness (QED) is 0.369. The van der Waals surface area contributed by atoms with Gasteiger partial charge in [-0.2, -0.15) is 0 Å². The first-order valence-electron chi connectivity index (χ1n) is 5.27. The summed E-state index contributed by atoms with van der Waals surface area (Å²) in [6.45, 7) is 0.648. The summed E-state index contributed by atoms with van der Waals surface area (Å²) < 4.78 is 4.63. The fourth-order valence-corrected chi connectivity index (χ4v) is 1.34. The molecule has 1 aromatic carbocycles. The van der Waals surface area contributed by atoms with Crippen LogP contribution in [0.3, 0.4) is 0 Å². The highest BCUT2D eigenvalue weighted by Crippen LogP contribution is 2.05. The molecule has 6 heteroatoms. The number of halogens is 1. The number of carbonyl (C=O) groups excluding carboxylic acids is 1. The molecule has 5 nitrogen and oxygen atoms in total. The van der Waals surface area contributed by atoms with E-state index in [0.29, 0.717) is 12.1 Å². The highest BCUT2D eigenvalue weighted by atomic mass is 127. The summed E-state index contributed by atoms with van der Waals surface area (Å²) in [5.41, 5.74) is 1.61. The number of benzene rings is 1. The number of aliphatic imine (C=N–C) groups is 1. The van der Waals surface area contributed by atoms with Gasteiger partial charge in [0.05, 0.1) is 12.7 Å². The number of rotatable bonds is 3. The van der Waals surface area contributed by atoms with Gasteiger partial charge < -0.3 is 15.4 Å². The highest BCUT2D eigenvalue weighted by molar-refractivity contribution is 14.0. The minimum absolute atomic E-state index is 0. The van der Waals surface area contributed by atoms with E-state index < -0.39 is 0 Å². The Kier molecular flexibility index (Phi) is 8.10. The van der Waals surface area contributed by atoms with Crippen LogP contribution in [0.25, 0.3) is 0 Å². The number of carbonyl (C=O) groups is 1.